The van der Waals surface area contributed by atoms with E-state index in [4.69, 9.17) is 4.74 Å². The maximum atomic E-state index is 12.6. The first-order chi connectivity index (χ1) is 7.03. The average molecular weight is 219 g/mol. The molecule has 2 aliphatic heterocycles. The maximum absolute atomic E-state index is 12.6. The van der Waals surface area contributed by atoms with Crippen LogP contribution in [0.4, 0.5) is 8.78 Å². The highest BCUT2D eigenvalue weighted by Crippen LogP contribution is 2.45. The van der Waals surface area contributed by atoms with E-state index < -0.39 is 12.3 Å². The second-order valence-corrected chi connectivity index (χ2v) is 5.08. The molecule has 2 rings (SSSR count). The van der Waals surface area contributed by atoms with E-state index in [0.717, 1.165) is 13.0 Å². The number of fused-ring (bicyclic) bond motifs is 1. The van der Waals surface area contributed by atoms with Gasteiger partial charge in [0.15, 0.2) is 0 Å². The predicted molar refractivity (Wildman–Crippen MR) is 54.1 cm³/mol. The zero-order valence-electron chi connectivity index (χ0n) is 9.38. The van der Waals surface area contributed by atoms with E-state index in [1.165, 1.54) is 0 Å². The lowest BCUT2D eigenvalue weighted by Crippen LogP contribution is -2.58. The molecule has 15 heavy (non-hydrogen) atoms. The third-order valence-electron chi connectivity index (χ3n) is 3.66. The molecular weight excluding hydrogens is 200 g/mol. The lowest BCUT2D eigenvalue weighted by atomic mass is 9.84. The van der Waals surface area contributed by atoms with Gasteiger partial charge in [-0.05, 0) is 26.7 Å². The minimum Gasteiger partial charge on any atom is -0.377 e. The third kappa shape index (κ3) is 2.02. The molecule has 0 spiro atoms. The highest BCUT2D eigenvalue weighted by atomic mass is 19.3. The zero-order valence-corrected chi connectivity index (χ0v) is 9.38. The molecule has 2 nitrogen and oxygen atoms in total. The fraction of sp³-hybridized carbons (Fsp3) is 1.00. The molecule has 2 aliphatic rings. The summed E-state index contributed by atoms with van der Waals surface area (Å²) in [7, 11) is 0. The van der Waals surface area contributed by atoms with Crippen molar-refractivity contribution in [3.8, 4) is 0 Å². The molecule has 0 bridgehead atoms. The third-order valence-corrected chi connectivity index (χ3v) is 3.66. The number of ether oxygens (including phenoxy) is 1. The normalized spacial score (nSPS) is 36.0. The molecular formula is C11H19F2NO. The van der Waals surface area contributed by atoms with Gasteiger partial charge >= 0.3 is 0 Å². The number of alkyl halides is 2. The van der Waals surface area contributed by atoms with Gasteiger partial charge in [-0.15, -0.1) is 0 Å². The van der Waals surface area contributed by atoms with Crippen LogP contribution in [0.5, 0.6) is 0 Å². The lowest BCUT2D eigenvalue weighted by molar-refractivity contribution is -0.0648. The van der Waals surface area contributed by atoms with Crippen molar-refractivity contribution in [1.82, 2.24) is 4.90 Å². The van der Waals surface area contributed by atoms with Gasteiger partial charge in [0.1, 0.15) is 0 Å². The monoisotopic (exact) mass is 219 g/mol. The molecule has 0 aliphatic carbocycles. The highest BCUT2D eigenvalue weighted by Gasteiger charge is 2.53. The van der Waals surface area contributed by atoms with E-state index in [1.807, 2.05) is 13.8 Å². The van der Waals surface area contributed by atoms with Crippen molar-refractivity contribution in [2.45, 2.75) is 44.8 Å². The molecule has 88 valence electrons. The van der Waals surface area contributed by atoms with Crippen molar-refractivity contribution in [3.63, 3.8) is 0 Å². The molecule has 2 atom stereocenters. The van der Waals surface area contributed by atoms with Gasteiger partial charge in [-0.2, -0.15) is 0 Å². The molecule has 0 aromatic rings. The summed E-state index contributed by atoms with van der Waals surface area (Å²) in [6.07, 6.45) is -0.362. The van der Waals surface area contributed by atoms with E-state index in [2.05, 4.69) is 4.90 Å². The van der Waals surface area contributed by atoms with Crippen LogP contribution in [0.1, 0.15) is 26.7 Å². The van der Waals surface area contributed by atoms with Crippen molar-refractivity contribution >= 4 is 0 Å². The number of hydrogen-bond acceptors (Lipinski definition) is 2. The van der Waals surface area contributed by atoms with Gasteiger partial charge in [-0.1, -0.05) is 0 Å². The number of rotatable bonds is 4. The Morgan fingerprint density at radius 3 is 2.67 bits per heavy atom. The van der Waals surface area contributed by atoms with Gasteiger partial charge in [0, 0.05) is 24.5 Å². The molecule has 0 N–H and O–H groups in total. The van der Waals surface area contributed by atoms with Crippen molar-refractivity contribution in [2.24, 2.45) is 5.92 Å². The van der Waals surface area contributed by atoms with Crippen LogP contribution in [0, 0.1) is 5.92 Å². The zero-order chi connectivity index (χ0) is 11.1. The first-order valence-corrected chi connectivity index (χ1v) is 5.68. The topological polar surface area (TPSA) is 12.5 Å². The molecule has 0 aromatic heterocycles. The van der Waals surface area contributed by atoms with Crippen LogP contribution < -0.4 is 0 Å². The maximum Gasteiger partial charge on any atom is 0.242 e. The minimum atomic E-state index is -2.17. The fourth-order valence-corrected chi connectivity index (χ4v) is 2.65. The van der Waals surface area contributed by atoms with Crippen molar-refractivity contribution in [1.29, 1.82) is 0 Å². The number of hydrogen-bond donors (Lipinski definition) is 0. The van der Waals surface area contributed by atoms with Crippen LogP contribution >= 0.6 is 0 Å². The van der Waals surface area contributed by atoms with E-state index >= 15 is 0 Å². The summed E-state index contributed by atoms with van der Waals surface area (Å²) < 4.78 is 30.8. The highest BCUT2D eigenvalue weighted by molar-refractivity contribution is 5.07. The summed E-state index contributed by atoms with van der Waals surface area (Å²) >= 11 is 0. The Bertz CT molecular complexity index is 235. The van der Waals surface area contributed by atoms with Crippen LogP contribution in [-0.4, -0.2) is 42.7 Å². The average Bonchev–Trinajstić information content (AvgIpc) is 2.37. The minimum absolute atomic E-state index is 0.0502. The predicted octanol–water partition coefficient (Wildman–Crippen LogP) is 2.14. The van der Waals surface area contributed by atoms with Gasteiger partial charge in [0.2, 0.25) is 6.43 Å². The van der Waals surface area contributed by atoms with Crippen LogP contribution in [0.2, 0.25) is 0 Å². The SMILES string of the molecule is CC(C)OCC12CCN1C[C@@H](C(F)F)C2. The van der Waals surface area contributed by atoms with Crippen molar-refractivity contribution in [2.75, 3.05) is 19.7 Å². The largest absolute Gasteiger partial charge is 0.377 e. The molecule has 2 heterocycles. The summed E-state index contributed by atoms with van der Waals surface area (Å²) in [6, 6.07) is 0. The van der Waals surface area contributed by atoms with Crippen molar-refractivity contribution < 1.29 is 13.5 Å². The molecule has 2 saturated heterocycles. The Hall–Kier alpha value is -0.220. The molecule has 0 radical (unpaired) electrons. The Kier molecular flexibility index (Phi) is 2.99. The Balaban J connectivity index is 1.92. The lowest BCUT2D eigenvalue weighted by Gasteiger charge is -2.48. The first kappa shape index (κ1) is 11.3. The van der Waals surface area contributed by atoms with Gasteiger partial charge in [-0.25, -0.2) is 8.78 Å². The summed E-state index contributed by atoms with van der Waals surface area (Å²) in [4.78, 5) is 2.17. The molecule has 0 amide bonds. The molecule has 0 aromatic carbocycles. The van der Waals surface area contributed by atoms with Crippen LogP contribution in [0.15, 0.2) is 0 Å². The van der Waals surface area contributed by atoms with Gasteiger partial charge in [0.05, 0.1) is 12.7 Å². The smallest absolute Gasteiger partial charge is 0.242 e. The van der Waals surface area contributed by atoms with E-state index in [0.29, 0.717) is 19.6 Å². The number of halogens is 2. The van der Waals surface area contributed by atoms with Crippen molar-refractivity contribution in [3.05, 3.63) is 0 Å². The second kappa shape index (κ2) is 3.98. The van der Waals surface area contributed by atoms with Gasteiger partial charge in [-0.3, -0.25) is 4.90 Å². The van der Waals surface area contributed by atoms with Gasteiger partial charge < -0.3 is 4.74 Å². The fourth-order valence-electron chi connectivity index (χ4n) is 2.65. The second-order valence-electron chi connectivity index (χ2n) is 5.08. The molecule has 0 saturated carbocycles. The summed E-state index contributed by atoms with van der Waals surface area (Å²) in [6.45, 7) is 6.11. The molecule has 1 unspecified atom stereocenters. The summed E-state index contributed by atoms with van der Waals surface area (Å²) in [5.74, 6) is -0.441. The Morgan fingerprint density at radius 1 is 1.47 bits per heavy atom. The standard InChI is InChI=1S/C11H19F2NO/c1-8(2)15-7-11-3-4-14(11)6-9(5-11)10(12)13/h8-10H,3-7H2,1-2H3/t9-,11?/m0/s1. The molecule has 4 heteroatoms. The Labute approximate surface area is 89.6 Å². The van der Waals surface area contributed by atoms with E-state index in [1.54, 1.807) is 0 Å². The quantitative estimate of drug-likeness (QED) is 0.718. The molecule has 2 fully saturated rings. The first-order valence-electron chi connectivity index (χ1n) is 5.68. The van der Waals surface area contributed by atoms with Crippen LogP contribution in [0.3, 0.4) is 0 Å². The van der Waals surface area contributed by atoms with Crippen LogP contribution in [-0.2, 0) is 4.74 Å². The van der Waals surface area contributed by atoms with E-state index in [9.17, 15) is 8.78 Å². The summed E-state index contributed by atoms with van der Waals surface area (Å²) in [5.41, 5.74) is -0.0502. The van der Waals surface area contributed by atoms with Gasteiger partial charge in [0.25, 0.3) is 0 Å². The van der Waals surface area contributed by atoms with E-state index in [-0.39, 0.29) is 11.6 Å². The van der Waals surface area contributed by atoms with Crippen LogP contribution in [0.25, 0.3) is 0 Å². The Morgan fingerprint density at radius 2 is 2.20 bits per heavy atom. The number of nitrogens with zero attached hydrogens (tertiary/aromatic N) is 1. The summed E-state index contributed by atoms with van der Waals surface area (Å²) in [5, 5.41) is 0.